The van der Waals surface area contributed by atoms with E-state index < -0.39 is 0 Å². The fourth-order valence-electron chi connectivity index (χ4n) is 1.26. The van der Waals surface area contributed by atoms with Gasteiger partial charge >= 0.3 is 0 Å². The van der Waals surface area contributed by atoms with E-state index in [4.69, 9.17) is 9.84 Å². The molecule has 0 unspecified atom stereocenters. The molecule has 0 saturated carbocycles. The van der Waals surface area contributed by atoms with Crippen molar-refractivity contribution in [2.24, 2.45) is 0 Å². The van der Waals surface area contributed by atoms with Crippen LogP contribution >= 0.6 is 31.9 Å². The Morgan fingerprint density at radius 2 is 1.47 bits per heavy atom. The van der Waals surface area contributed by atoms with E-state index in [2.05, 4.69) is 41.8 Å². The summed E-state index contributed by atoms with van der Waals surface area (Å²) in [4.78, 5) is 8.08. The molecule has 0 atom stereocenters. The molecule has 1 N–H and O–H groups in total. The smallest absolute Gasteiger partial charge is 0.140 e. The molecule has 0 saturated heterocycles. The third-order valence-electron chi connectivity index (χ3n) is 2.25. The summed E-state index contributed by atoms with van der Waals surface area (Å²) in [6.45, 7) is 3.66. The van der Waals surface area contributed by atoms with Crippen molar-refractivity contribution in [3.63, 3.8) is 0 Å². The van der Waals surface area contributed by atoms with Crippen LogP contribution in [-0.4, -0.2) is 22.2 Å². The zero-order chi connectivity index (χ0) is 14.4. The number of pyridine rings is 2. The van der Waals surface area contributed by atoms with Gasteiger partial charge in [0, 0.05) is 0 Å². The van der Waals surface area contributed by atoms with E-state index in [1.54, 1.807) is 26.2 Å². The molecule has 0 aliphatic heterocycles. The number of aromatic hydroxyl groups is 1. The summed E-state index contributed by atoms with van der Waals surface area (Å²) < 4.78 is 6.60. The number of nitrogens with zero attached hydrogens (tertiary/aromatic N) is 2. The predicted octanol–water partition coefficient (Wildman–Crippen LogP) is 4.02. The van der Waals surface area contributed by atoms with Gasteiger partial charge in [-0.2, -0.15) is 0 Å². The van der Waals surface area contributed by atoms with Gasteiger partial charge in [0.15, 0.2) is 0 Å². The van der Waals surface area contributed by atoms with Crippen molar-refractivity contribution in [1.82, 2.24) is 9.97 Å². The fraction of sp³-hybridized carbons (Fsp3) is 0.231. The van der Waals surface area contributed by atoms with Crippen LogP contribution < -0.4 is 4.74 Å². The number of aromatic nitrogens is 2. The van der Waals surface area contributed by atoms with Gasteiger partial charge in [-0.3, -0.25) is 0 Å². The maximum Gasteiger partial charge on any atom is 0.140 e. The van der Waals surface area contributed by atoms with Crippen LogP contribution in [0.4, 0.5) is 0 Å². The Morgan fingerprint density at radius 3 is 1.89 bits per heavy atom. The molecular formula is C13H14Br2N2O2. The molecule has 0 aromatic carbocycles. The van der Waals surface area contributed by atoms with Gasteiger partial charge in [0.1, 0.15) is 20.7 Å². The van der Waals surface area contributed by atoms with Crippen LogP contribution in [0.25, 0.3) is 0 Å². The first-order chi connectivity index (χ1) is 8.93. The first-order valence-electron chi connectivity index (χ1n) is 5.43. The molecule has 4 nitrogen and oxygen atoms in total. The quantitative estimate of drug-likeness (QED) is 0.748. The third-order valence-corrected chi connectivity index (χ3v) is 3.13. The Hall–Kier alpha value is -1.14. The topological polar surface area (TPSA) is 55.2 Å². The highest BCUT2D eigenvalue weighted by atomic mass is 79.9. The normalized spacial score (nSPS) is 9.53. The Morgan fingerprint density at radius 1 is 0.947 bits per heavy atom. The Labute approximate surface area is 129 Å². The molecule has 0 fully saturated rings. The summed E-state index contributed by atoms with van der Waals surface area (Å²) in [5.74, 6) is 1.06. The second kappa shape index (κ2) is 7.45. The second-order valence-electron chi connectivity index (χ2n) is 3.66. The minimum atomic E-state index is 0.234. The van der Waals surface area contributed by atoms with Crippen molar-refractivity contribution < 1.29 is 9.84 Å². The van der Waals surface area contributed by atoms with E-state index in [1.807, 2.05) is 19.1 Å². The molecule has 2 aromatic heterocycles. The van der Waals surface area contributed by atoms with Crippen LogP contribution in [0.5, 0.6) is 11.5 Å². The van der Waals surface area contributed by atoms with Gasteiger partial charge in [0.05, 0.1) is 18.5 Å². The zero-order valence-corrected chi connectivity index (χ0v) is 14.0. The number of hydrogen-bond acceptors (Lipinski definition) is 4. The van der Waals surface area contributed by atoms with Gasteiger partial charge in [0.25, 0.3) is 0 Å². The van der Waals surface area contributed by atoms with Crippen LogP contribution in [0.15, 0.2) is 33.5 Å². The van der Waals surface area contributed by atoms with Gasteiger partial charge < -0.3 is 9.84 Å². The van der Waals surface area contributed by atoms with Crippen molar-refractivity contribution in [3.05, 3.63) is 44.9 Å². The second-order valence-corrected chi connectivity index (χ2v) is 5.29. The lowest BCUT2D eigenvalue weighted by molar-refractivity contribution is 0.409. The minimum absolute atomic E-state index is 0.234. The average Bonchev–Trinajstić information content (AvgIpc) is 2.35. The lowest BCUT2D eigenvalue weighted by Gasteiger charge is -2.01. The molecule has 2 rings (SSSR count). The molecule has 0 aliphatic carbocycles. The molecule has 19 heavy (non-hydrogen) atoms. The lowest BCUT2D eigenvalue weighted by Crippen LogP contribution is -1.89. The van der Waals surface area contributed by atoms with Crippen molar-refractivity contribution in [2.75, 3.05) is 7.11 Å². The molecule has 0 amide bonds. The Kier molecular flexibility index (Phi) is 6.24. The van der Waals surface area contributed by atoms with Gasteiger partial charge in [-0.05, 0) is 70.0 Å². The van der Waals surface area contributed by atoms with Crippen molar-refractivity contribution in [1.29, 1.82) is 0 Å². The highest BCUT2D eigenvalue weighted by Gasteiger charge is 1.97. The minimum Gasteiger partial charge on any atom is -0.506 e. The standard InChI is InChI=1S/C7H8BrNO.C6H6BrNO/c1-5-6(10-2)3-4-7(8)9-5;1-4-5(9)2-3-6(7)8-4/h3-4H,1-2H3;2-3,9H,1H3. The Bertz CT molecular complexity index is 562. The highest BCUT2D eigenvalue weighted by molar-refractivity contribution is 9.10. The summed E-state index contributed by atoms with van der Waals surface area (Å²) >= 11 is 6.43. The fourth-order valence-corrected chi connectivity index (χ4v) is 2.05. The van der Waals surface area contributed by atoms with Gasteiger partial charge in [0.2, 0.25) is 0 Å². The summed E-state index contributed by atoms with van der Waals surface area (Å²) in [7, 11) is 1.64. The van der Waals surface area contributed by atoms with Crippen molar-refractivity contribution in [3.8, 4) is 11.5 Å². The molecule has 0 bridgehead atoms. The monoisotopic (exact) mass is 388 g/mol. The lowest BCUT2D eigenvalue weighted by atomic mass is 10.3. The number of ether oxygens (including phenoxy) is 1. The van der Waals surface area contributed by atoms with E-state index in [0.29, 0.717) is 5.69 Å². The van der Waals surface area contributed by atoms with Crippen molar-refractivity contribution >= 4 is 31.9 Å². The van der Waals surface area contributed by atoms with E-state index in [9.17, 15) is 0 Å². The molecule has 6 heteroatoms. The predicted molar refractivity (Wildman–Crippen MR) is 81.6 cm³/mol. The SMILES string of the molecule is COc1ccc(Br)nc1C.Cc1nc(Br)ccc1O. The first-order valence-corrected chi connectivity index (χ1v) is 7.02. The van der Waals surface area contributed by atoms with E-state index in [1.165, 1.54) is 0 Å². The molecule has 0 radical (unpaired) electrons. The molecule has 2 aromatic rings. The molecule has 102 valence electrons. The van der Waals surface area contributed by atoms with Crippen LogP contribution in [0.3, 0.4) is 0 Å². The van der Waals surface area contributed by atoms with Crippen LogP contribution in [-0.2, 0) is 0 Å². The van der Waals surface area contributed by atoms with Gasteiger partial charge in [-0.25, -0.2) is 9.97 Å². The van der Waals surface area contributed by atoms with Crippen LogP contribution in [0.2, 0.25) is 0 Å². The summed E-state index contributed by atoms with van der Waals surface area (Å²) in [6.07, 6.45) is 0. The zero-order valence-electron chi connectivity index (χ0n) is 10.8. The number of methoxy groups -OCH3 is 1. The number of halogens is 2. The summed E-state index contributed by atoms with van der Waals surface area (Å²) in [5.41, 5.74) is 1.54. The number of rotatable bonds is 1. The van der Waals surface area contributed by atoms with E-state index in [-0.39, 0.29) is 5.75 Å². The summed E-state index contributed by atoms with van der Waals surface area (Å²) in [6, 6.07) is 7.03. The summed E-state index contributed by atoms with van der Waals surface area (Å²) in [5, 5.41) is 8.96. The van der Waals surface area contributed by atoms with E-state index >= 15 is 0 Å². The first kappa shape index (κ1) is 15.9. The largest absolute Gasteiger partial charge is 0.506 e. The van der Waals surface area contributed by atoms with Crippen molar-refractivity contribution in [2.45, 2.75) is 13.8 Å². The maximum atomic E-state index is 8.96. The highest BCUT2D eigenvalue weighted by Crippen LogP contribution is 2.17. The third kappa shape index (κ3) is 5.16. The number of aryl methyl sites for hydroxylation is 2. The average molecular weight is 390 g/mol. The van der Waals surface area contributed by atoms with Crippen LogP contribution in [0, 0.1) is 13.8 Å². The molecule has 0 aliphatic rings. The van der Waals surface area contributed by atoms with Crippen LogP contribution in [0.1, 0.15) is 11.4 Å². The molecule has 0 spiro atoms. The van der Waals surface area contributed by atoms with Gasteiger partial charge in [-0.1, -0.05) is 0 Å². The molecule has 2 heterocycles. The van der Waals surface area contributed by atoms with E-state index in [0.717, 1.165) is 20.6 Å². The maximum absolute atomic E-state index is 8.96. The molecular weight excluding hydrogens is 376 g/mol. The Balaban J connectivity index is 0.000000191. The van der Waals surface area contributed by atoms with Gasteiger partial charge in [-0.15, -0.1) is 0 Å². The number of hydrogen-bond donors (Lipinski definition) is 1.